The number of aryl methyl sites for hydroxylation is 1. The van der Waals surface area contributed by atoms with E-state index in [0.717, 1.165) is 17.2 Å². The number of hydrogen-bond donors (Lipinski definition) is 2. The average Bonchev–Trinajstić information content (AvgIpc) is 2.37. The van der Waals surface area contributed by atoms with Crippen LogP contribution in [0.25, 0.3) is 0 Å². The third-order valence-corrected chi connectivity index (χ3v) is 2.16. The second-order valence-corrected chi connectivity index (χ2v) is 3.54. The summed E-state index contributed by atoms with van der Waals surface area (Å²) in [7, 11) is 1.79. The van der Waals surface area contributed by atoms with Gasteiger partial charge in [0.1, 0.15) is 5.82 Å². The first-order valence-electron chi connectivity index (χ1n) is 5.32. The molecule has 0 radical (unpaired) electrons. The quantitative estimate of drug-likeness (QED) is 0.822. The van der Waals surface area contributed by atoms with Gasteiger partial charge in [0.05, 0.1) is 12.2 Å². The maximum absolute atomic E-state index is 4.29. The predicted octanol–water partition coefficient (Wildman–Crippen LogP) is 1.23. The molecule has 0 aliphatic rings. The molecule has 2 rings (SSSR count). The third-order valence-electron chi connectivity index (χ3n) is 2.16. The fourth-order valence-electron chi connectivity index (χ4n) is 1.38. The predicted molar refractivity (Wildman–Crippen MR) is 65.7 cm³/mol. The Bertz CT molecular complexity index is 485. The summed E-state index contributed by atoms with van der Waals surface area (Å²) in [6, 6.07) is 5.65. The van der Waals surface area contributed by atoms with E-state index in [0.29, 0.717) is 12.5 Å². The fraction of sp³-hybridized carbons (Fsp3) is 0.273. The SMILES string of the molecule is CNc1nc(C)cc(NCc2cccnn2)n1. The molecule has 0 atom stereocenters. The van der Waals surface area contributed by atoms with Gasteiger partial charge in [0.25, 0.3) is 0 Å². The van der Waals surface area contributed by atoms with Gasteiger partial charge >= 0.3 is 0 Å². The molecular formula is C11H14N6. The van der Waals surface area contributed by atoms with E-state index >= 15 is 0 Å². The summed E-state index contributed by atoms with van der Waals surface area (Å²) in [5.74, 6) is 1.37. The Morgan fingerprint density at radius 3 is 2.88 bits per heavy atom. The highest BCUT2D eigenvalue weighted by atomic mass is 15.1. The van der Waals surface area contributed by atoms with E-state index in [2.05, 4.69) is 30.8 Å². The summed E-state index contributed by atoms with van der Waals surface area (Å²) in [6.45, 7) is 2.52. The molecule has 0 unspecified atom stereocenters. The van der Waals surface area contributed by atoms with E-state index in [1.807, 2.05) is 25.1 Å². The van der Waals surface area contributed by atoms with Crippen LogP contribution in [0.15, 0.2) is 24.4 Å². The molecule has 6 nitrogen and oxygen atoms in total. The minimum absolute atomic E-state index is 0.591. The van der Waals surface area contributed by atoms with Gasteiger partial charge in [-0.1, -0.05) is 0 Å². The van der Waals surface area contributed by atoms with Crippen LogP contribution in [-0.2, 0) is 6.54 Å². The zero-order valence-corrected chi connectivity index (χ0v) is 9.81. The molecule has 0 aliphatic carbocycles. The molecule has 0 spiro atoms. The number of rotatable bonds is 4. The Morgan fingerprint density at radius 2 is 2.18 bits per heavy atom. The molecule has 0 amide bonds. The number of nitrogens with zero attached hydrogens (tertiary/aromatic N) is 4. The van der Waals surface area contributed by atoms with Crippen LogP contribution in [0.2, 0.25) is 0 Å². The molecule has 0 saturated heterocycles. The van der Waals surface area contributed by atoms with Crippen molar-refractivity contribution < 1.29 is 0 Å². The second-order valence-electron chi connectivity index (χ2n) is 3.54. The lowest BCUT2D eigenvalue weighted by Crippen LogP contribution is -2.06. The second kappa shape index (κ2) is 5.20. The molecule has 0 saturated carbocycles. The van der Waals surface area contributed by atoms with Crippen molar-refractivity contribution in [3.05, 3.63) is 35.8 Å². The molecular weight excluding hydrogens is 216 g/mol. The van der Waals surface area contributed by atoms with Crippen LogP contribution in [0.3, 0.4) is 0 Å². The molecule has 0 fully saturated rings. The van der Waals surface area contributed by atoms with Gasteiger partial charge in [-0.2, -0.15) is 15.2 Å². The van der Waals surface area contributed by atoms with E-state index in [1.165, 1.54) is 0 Å². The summed E-state index contributed by atoms with van der Waals surface area (Å²) < 4.78 is 0. The van der Waals surface area contributed by atoms with E-state index in [4.69, 9.17) is 0 Å². The van der Waals surface area contributed by atoms with Gasteiger partial charge in [-0.15, -0.1) is 0 Å². The van der Waals surface area contributed by atoms with E-state index < -0.39 is 0 Å². The summed E-state index contributed by atoms with van der Waals surface area (Å²) in [6.07, 6.45) is 1.65. The third kappa shape index (κ3) is 3.10. The molecule has 2 N–H and O–H groups in total. The first-order valence-corrected chi connectivity index (χ1v) is 5.32. The van der Waals surface area contributed by atoms with Crippen LogP contribution in [0.5, 0.6) is 0 Å². The van der Waals surface area contributed by atoms with Gasteiger partial charge in [-0.05, 0) is 19.1 Å². The number of hydrogen-bond acceptors (Lipinski definition) is 6. The van der Waals surface area contributed by atoms with Crippen molar-refractivity contribution in [2.75, 3.05) is 17.7 Å². The monoisotopic (exact) mass is 230 g/mol. The van der Waals surface area contributed by atoms with Crippen molar-refractivity contribution in [1.29, 1.82) is 0 Å². The molecule has 17 heavy (non-hydrogen) atoms. The average molecular weight is 230 g/mol. The van der Waals surface area contributed by atoms with Gasteiger partial charge in [0.15, 0.2) is 0 Å². The highest BCUT2D eigenvalue weighted by Crippen LogP contribution is 2.09. The lowest BCUT2D eigenvalue weighted by molar-refractivity contribution is 0.918. The standard InChI is InChI=1S/C11H14N6/c1-8-6-10(16-11(12-2)15-8)13-7-9-4-3-5-14-17-9/h3-6H,7H2,1-2H3,(H2,12,13,15,16). The first kappa shape index (κ1) is 11.3. The van der Waals surface area contributed by atoms with Gasteiger partial charge in [0, 0.05) is 25.0 Å². The smallest absolute Gasteiger partial charge is 0.224 e. The van der Waals surface area contributed by atoms with Crippen LogP contribution in [0.1, 0.15) is 11.4 Å². The van der Waals surface area contributed by atoms with Crippen LogP contribution < -0.4 is 10.6 Å². The Labute approximate surface area is 99.5 Å². The Morgan fingerprint density at radius 1 is 1.29 bits per heavy atom. The summed E-state index contributed by atoms with van der Waals surface area (Å²) >= 11 is 0. The Hall–Kier alpha value is -2.24. The van der Waals surface area contributed by atoms with Crippen LogP contribution in [0, 0.1) is 6.92 Å². The molecule has 2 heterocycles. The molecule has 0 aromatic carbocycles. The minimum Gasteiger partial charge on any atom is -0.364 e. The van der Waals surface area contributed by atoms with Crippen LogP contribution in [0.4, 0.5) is 11.8 Å². The number of anilines is 2. The minimum atomic E-state index is 0.591. The maximum atomic E-state index is 4.29. The van der Waals surface area contributed by atoms with Gasteiger partial charge in [-0.25, -0.2) is 4.98 Å². The molecule has 2 aromatic heterocycles. The van der Waals surface area contributed by atoms with E-state index in [9.17, 15) is 0 Å². The summed E-state index contributed by atoms with van der Waals surface area (Å²) in [4.78, 5) is 8.50. The van der Waals surface area contributed by atoms with Crippen molar-refractivity contribution >= 4 is 11.8 Å². The largest absolute Gasteiger partial charge is 0.364 e. The Kier molecular flexibility index (Phi) is 3.44. The zero-order chi connectivity index (χ0) is 12.1. The zero-order valence-electron chi connectivity index (χ0n) is 9.81. The normalized spacial score (nSPS) is 10.0. The summed E-state index contributed by atoms with van der Waals surface area (Å²) in [5.41, 5.74) is 1.78. The van der Waals surface area contributed by atoms with Crippen molar-refractivity contribution in [3.8, 4) is 0 Å². The van der Waals surface area contributed by atoms with Crippen LogP contribution in [-0.4, -0.2) is 27.2 Å². The number of nitrogens with one attached hydrogen (secondary N) is 2. The molecule has 0 bridgehead atoms. The molecule has 88 valence electrons. The van der Waals surface area contributed by atoms with E-state index in [1.54, 1.807) is 13.2 Å². The maximum Gasteiger partial charge on any atom is 0.224 e. The van der Waals surface area contributed by atoms with Gasteiger partial charge in [-0.3, -0.25) is 0 Å². The number of aromatic nitrogens is 4. The first-order chi connectivity index (χ1) is 8.28. The highest BCUT2D eigenvalue weighted by molar-refractivity contribution is 5.41. The van der Waals surface area contributed by atoms with Gasteiger partial charge in [0.2, 0.25) is 5.95 Å². The Balaban J connectivity index is 2.06. The van der Waals surface area contributed by atoms with Crippen molar-refractivity contribution in [2.24, 2.45) is 0 Å². The molecule has 2 aromatic rings. The topological polar surface area (TPSA) is 75.6 Å². The van der Waals surface area contributed by atoms with Gasteiger partial charge < -0.3 is 10.6 Å². The van der Waals surface area contributed by atoms with Crippen molar-refractivity contribution in [1.82, 2.24) is 20.2 Å². The van der Waals surface area contributed by atoms with Crippen molar-refractivity contribution in [3.63, 3.8) is 0 Å². The summed E-state index contributed by atoms with van der Waals surface area (Å²) in [5, 5.41) is 13.9. The molecule has 6 heteroatoms. The highest BCUT2D eigenvalue weighted by Gasteiger charge is 2.00. The lowest BCUT2D eigenvalue weighted by Gasteiger charge is -2.07. The van der Waals surface area contributed by atoms with Crippen molar-refractivity contribution in [2.45, 2.75) is 13.5 Å². The molecule has 0 aliphatic heterocycles. The fourth-order valence-corrected chi connectivity index (χ4v) is 1.38. The van der Waals surface area contributed by atoms with E-state index in [-0.39, 0.29) is 0 Å². The van der Waals surface area contributed by atoms with Crippen LogP contribution >= 0.6 is 0 Å². The lowest BCUT2D eigenvalue weighted by atomic mass is 10.3.